The molecule has 1 aromatic heterocycles. The van der Waals surface area contributed by atoms with Crippen LogP contribution in [0, 0.1) is 5.82 Å². The molecule has 124 valence electrons. The second kappa shape index (κ2) is 7.99. The summed E-state index contributed by atoms with van der Waals surface area (Å²) in [4.78, 5) is 4.39. The van der Waals surface area contributed by atoms with Crippen LogP contribution in [0.1, 0.15) is 30.0 Å². The van der Waals surface area contributed by atoms with E-state index >= 15 is 0 Å². The highest BCUT2D eigenvalue weighted by molar-refractivity contribution is 5.81. The van der Waals surface area contributed by atoms with Crippen LogP contribution in [0.15, 0.2) is 60.8 Å². The van der Waals surface area contributed by atoms with E-state index in [0.29, 0.717) is 13.0 Å². The monoisotopic (exact) mass is 324 g/mol. The number of rotatable bonds is 7. The van der Waals surface area contributed by atoms with Crippen molar-refractivity contribution in [1.29, 1.82) is 0 Å². The van der Waals surface area contributed by atoms with Gasteiger partial charge in [-0.2, -0.15) is 0 Å². The number of fused-ring (bicyclic) bond motifs is 1. The fourth-order valence-corrected chi connectivity index (χ4v) is 2.96. The molecule has 0 fully saturated rings. The molecule has 1 unspecified atom stereocenters. The molecule has 0 amide bonds. The highest BCUT2D eigenvalue weighted by Gasteiger charge is 2.12. The standard InChI is InChI=1S/C20H21FN2O/c21-18-12-16-8-4-10-22-20(16)17(13-18)14-23-19(9-5-11-24)15-6-2-1-3-7-15/h1-4,6-8,10,12-13,19,23-24H,5,9,11,14H2. The number of halogens is 1. The number of nitrogens with zero attached hydrogens (tertiary/aromatic N) is 1. The van der Waals surface area contributed by atoms with E-state index in [9.17, 15) is 4.39 Å². The average molecular weight is 324 g/mol. The van der Waals surface area contributed by atoms with Gasteiger partial charge in [-0.1, -0.05) is 36.4 Å². The van der Waals surface area contributed by atoms with E-state index in [2.05, 4.69) is 22.4 Å². The highest BCUT2D eigenvalue weighted by atomic mass is 19.1. The summed E-state index contributed by atoms with van der Waals surface area (Å²) >= 11 is 0. The lowest BCUT2D eigenvalue weighted by atomic mass is 10.0. The fraction of sp³-hybridized carbons (Fsp3) is 0.250. The molecule has 0 saturated carbocycles. The van der Waals surface area contributed by atoms with Crippen LogP contribution >= 0.6 is 0 Å². The summed E-state index contributed by atoms with van der Waals surface area (Å²) in [5.74, 6) is -0.251. The van der Waals surface area contributed by atoms with Gasteiger partial charge in [-0.05, 0) is 42.2 Å². The van der Waals surface area contributed by atoms with E-state index in [1.54, 1.807) is 6.20 Å². The van der Waals surface area contributed by atoms with Crippen LogP contribution in [-0.4, -0.2) is 16.7 Å². The van der Waals surface area contributed by atoms with Gasteiger partial charge in [0.2, 0.25) is 0 Å². The number of pyridine rings is 1. The summed E-state index contributed by atoms with van der Waals surface area (Å²) in [7, 11) is 0. The third-order valence-electron chi connectivity index (χ3n) is 4.14. The van der Waals surface area contributed by atoms with Crippen LogP contribution in [-0.2, 0) is 6.54 Å². The van der Waals surface area contributed by atoms with Crippen molar-refractivity contribution in [2.45, 2.75) is 25.4 Å². The summed E-state index contributed by atoms with van der Waals surface area (Å²) in [6.45, 7) is 0.686. The predicted molar refractivity (Wildman–Crippen MR) is 94.0 cm³/mol. The van der Waals surface area contributed by atoms with Crippen LogP contribution in [0.25, 0.3) is 10.9 Å². The van der Waals surface area contributed by atoms with Crippen molar-refractivity contribution >= 4 is 10.9 Å². The van der Waals surface area contributed by atoms with Gasteiger partial charge in [-0.3, -0.25) is 4.98 Å². The van der Waals surface area contributed by atoms with E-state index in [1.807, 2.05) is 30.3 Å². The van der Waals surface area contributed by atoms with Crippen LogP contribution < -0.4 is 5.32 Å². The van der Waals surface area contributed by atoms with Crippen LogP contribution in [0.5, 0.6) is 0 Å². The number of nitrogens with one attached hydrogen (secondary N) is 1. The van der Waals surface area contributed by atoms with Gasteiger partial charge in [0.1, 0.15) is 5.82 Å². The Hall–Kier alpha value is -2.30. The molecule has 2 aromatic carbocycles. The Balaban J connectivity index is 1.82. The lowest BCUT2D eigenvalue weighted by molar-refractivity contribution is 0.275. The molecule has 3 aromatic rings. The summed E-state index contributed by atoms with van der Waals surface area (Å²) in [6.07, 6.45) is 3.26. The van der Waals surface area contributed by atoms with Gasteiger partial charge >= 0.3 is 0 Å². The first-order valence-electron chi connectivity index (χ1n) is 8.20. The van der Waals surface area contributed by atoms with Crippen molar-refractivity contribution < 1.29 is 9.50 Å². The van der Waals surface area contributed by atoms with E-state index in [4.69, 9.17) is 5.11 Å². The van der Waals surface area contributed by atoms with Gasteiger partial charge in [0.25, 0.3) is 0 Å². The molecule has 1 heterocycles. The van der Waals surface area contributed by atoms with Crippen LogP contribution in [0.2, 0.25) is 0 Å². The van der Waals surface area contributed by atoms with Gasteiger partial charge < -0.3 is 10.4 Å². The Morgan fingerprint density at radius 3 is 2.71 bits per heavy atom. The average Bonchev–Trinajstić information content (AvgIpc) is 2.62. The number of aliphatic hydroxyl groups excluding tert-OH is 1. The van der Waals surface area contributed by atoms with Crippen molar-refractivity contribution in [3.05, 3.63) is 77.7 Å². The number of benzene rings is 2. The molecule has 0 radical (unpaired) electrons. The Kier molecular flexibility index (Phi) is 5.51. The van der Waals surface area contributed by atoms with Crippen molar-refractivity contribution in [2.75, 3.05) is 6.61 Å². The molecule has 0 aliphatic carbocycles. The zero-order chi connectivity index (χ0) is 16.8. The van der Waals surface area contributed by atoms with Gasteiger partial charge in [0.05, 0.1) is 5.52 Å². The minimum Gasteiger partial charge on any atom is -0.396 e. The minimum atomic E-state index is -0.251. The Labute approximate surface area is 141 Å². The van der Waals surface area contributed by atoms with Crippen LogP contribution in [0.4, 0.5) is 4.39 Å². The fourth-order valence-electron chi connectivity index (χ4n) is 2.96. The lowest BCUT2D eigenvalue weighted by Gasteiger charge is -2.19. The first-order chi connectivity index (χ1) is 11.8. The summed E-state index contributed by atoms with van der Waals surface area (Å²) < 4.78 is 13.9. The molecule has 4 heteroatoms. The second-order valence-corrected chi connectivity index (χ2v) is 5.85. The molecule has 3 nitrogen and oxygen atoms in total. The van der Waals surface area contributed by atoms with Crippen molar-refractivity contribution in [1.82, 2.24) is 10.3 Å². The van der Waals surface area contributed by atoms with Crippen molar-refractivity contribution in [3.8, 4) is 0 Å². The van der Waals surface area contributed by atoms with Gasteiger partial charge in [-0.25, -0.2) is 4.39 Å². The maximum absolute atomic E-state index is 13.9. The topological polar surface area (TPSA) is 45.1 Å². The minimum absolute atomic E-state index is 0.111. The van der Waals surface area contributed by atoms with Crippen molar-refractivity contribution in [3.63, 3.8) is 0 Å². The third-order valence-corrected chi connectivity index (χ3v) is 4.14. The number of hydrogen-bond acceptors (Lipinski definition) is 3. The van der Waals surface area contributed by atoms with Gasteiger partial charge in [-0.15, -0.1) is 0 Å². The maximum Gasteiger partial charge on any atom is 0.124 e. The quantitative estimate of drug-likeness (QED) is 0.691. The normalized spacial score (nSPS) is 12.4. The lowest BCUT2D eigenvalue weighted by Crippen LogP contribution is -2.21. The first kappa shape index (κ1) is 16.6. The summed E-state index contributed by atoms with van der Waals surface area (Å²) in [5, 5.41) is 13.4. The predicted octanol–water partition coefficient (Wildman–Crippen LogP) is 3.98. The Morgan fingerprint density at radius 2 is 1.92 bits per heavy atom. The van der Waals surface area contributed by atoms with E-state index in [0.717, 1.165) is 22.9 Å². The molecular formula is C20H21FN2O. The molecule has 0 bridgehead atoms. The van der Waals surface area contributed by atoms with Crippen molar-refractivity contribution in [2.24, 2.45) is 0 Å². The molecule has 0 saturated heterocycles. The Bertz CT molecular complexity index is 792. The van der Waals surface area contributed by atoms with Gasteiger partial charge in [0, 0.05) is 30.8 Å². The van der Waals surface area contributed by atoms with E-state index in [1.165, 1.54) is 17.7 Å². The first-order valence-corrected chi connectivity index (χ1v) is 8.20. The van der Waals surface area contributed by atoms with Crippen LogP contribution in [0.3, 0.4) is 0 Å². The molecule has 3 rings (SSSR count). The zero-order valence-electron chi connectivity index (χ0n) is 13.5. The molecule has 2 N–H and O–H groups in total. The SMILES string of the molecule is OCCCC(NCc1cc(F)cc2cccnc12)c1ccccc1. The number of hydrogen-bond donors (Lipinski definition) is 2. The molecule has 24 heavy (non-hydrogen) atoms. The number of aromatic nitrogens is 1. The maximum atomic E-state index is 13.9. The summed E-state index contributed by atoms with van der Waals surface area (Å²) in [6, 6.07) is 17.0. The molecule has 0 aliphatic rings. The molecule has 0 spiro atoms. The molecule has 0 aliphatic heterocycles. The van der Waals surface area contributed by atoms with E-state index in [-0.39, 0.29) is 18.5 Å². The second-order valence-electron chi connectivity index (χ2n) is 5.85. The molecule has 1 atom stereocenters. The highest BCUT2D eigenvalue weighted by Crippen LogP contribution is 2.22. The Morgan fingerprint density at radius 1 is 1.08 bits per heavy atom. The largest absolute Gasteiger partial charge is 0.396 e. The summed E-state index contributed by atoms with van der Waals surface area (Å²) in [5.41, 5.74) is 2.83. The number of aliphatic hydroxyl groups is 1. The third kappa shape index (κ3) is 3.96. The smallest absolute Gasteiger partial charge is 0.124 e. The zero-order valence-corrected chi connectivity index (χ0v) is 13.5. The molecular weight excluding hydrogens is 303 g/mol. The van der Waals surface area contributed by atoms with E-state index < -0.39 is 0 Å². The van der Waals surface area contributed by atoms with Gasteiger partial charge in [0.15, 0.2) is 0 Å².